The standard InChI is InChI=1S/C17H27Cl2N3OS.HI/c1-17(2,3)24(23)11-10-22-16(20-4)21-9-5-6-13-7-8-14(18)12-15(13)19;/h7-8,12H,5-6,9-11H2,1-4H3,(H2,20,21,22);1H. The van der Waals surface area contributed by atoms with Gasteiger partial charge in [-0.1, -0.05) is 29.3 Å². The average Bonchev–Trinajstić information content (AvgIpc) is 2.50. The minimum Gasteiger partial charge on any atom is -0.356 e. The lowest BCUT2D eigenvalue weighted by atomic mass is 10.1. The van der Waals surface area contributed by atoms with Gasteiger partial charge in [-0.05, 0) is 51.3 Å². The van der Waals surface area contributed by atoms with E-state index in [-0.39, 0.29) is 28.7 Å². The van der Waals surface area contributed by atoms with Gasteiger partial charge in [-0.25, -0.2) is 0 Å². The molecule has 0 fully saturated rings. The van der Waals surface area contributed by atoms with Crippen molar-refractivity contribution < 1.29 is 4.21 Å². The number of hydrogen-bond acceptors (Lipinski definition) is 2. The molecule has 144 valence electrons. The molecule has 0 radical (unpaired) electrons. The largest absolute Gasteiger partial charge is 0.356 e. The molecule has 0 heterocycles. The zero-order valence-electron chi connectivity index (χ0n) is 15.2. The van der Waals surface area contributed by atoms with Gasteiger partial charge in [-0.2, -0.15) is 0 Å². The first-order valence-corrected chi connectivity index (χ1v) is 10.1. The maximum atomic E-state index is 12.0. The van der Waals surface area contributed by atoms with Crippen molar-refractivity contribution in [2.75, 3.05) is 25.9 Å². The summed E-state index contributed by atoms with van der Waals surface area (Å²) in [6.07, 6.45) is 1.80. The van der Waals surface area contributed by atoms with Gasteiger partial charge < -0.3 is 10.6 Å². The highest BCUT2D eigenvalue weighted by molar-refractivity contribution is 14.0. The second kappa shape index (κ2) is 12.4. The number of hydrogen-bond donors (Lipinski definition) is 2. The van der Waals surface area contributed by atoms with E-state index in [1.54, 1.807) is 13.1 Å². The van der Waals surface area contributed by atoms with Crippen LogP contribution in [0.3, 0.4) is 0 Å². The number of aryl methyl sites for hydroxylation is 1. The van der Waals surface area contributed by atoms with Crippen LogP contribution in [0.5, 0.6) is 0 Å². The molecule has 0 aliphatic rings. The number of benzene rings is 1. The van der Waals surface area contributed by atoms with E-state index in [9.17, 15) is 4.21 Å². The van der Waals surface area contributed by atoms with Crippen LogP contribution in [0.4, 0.5) is 0 Å². The predicted molar refractivity (Wildman–Crippen MR) is 122 cm³/mol. The summed E-state index contributed by atoms with van der Waals surface area (Å²) >= 11 is 12.1. The van der Waals surface area contributed by atoms with E-state index in [1.165, 1.54) is 0 Å². The Kier molecular flexibility index (Phi) is 12.3. The highest BCUT2D eigenvalue weighted by Gasteiger charge is 2.18. The molecule has 1 atom stereocenters. The van der Waals surface area contributed by atoms with Gasteiger partial charge in [0.05, 0.1) is 0 Å². The van der Waals surface area contributed by atoms with Crippen LogP contribution < -0.4 is 10.6 Å². The van der Waals surface area contributed by atoms with Gasteiger partial charge in [0.15, 0.2) is 5.96 Å². The summed E-state index contributed by atoms with van der Waals surface area (Å²) < 4.78 is 11.8. The van der Waals surface area contributed by atoms with E-state index >= 15 is 0 Å². The fraction of sp³-hybridized carbons (Fsp3) is 0.588. The lowest BCUT2D eigenvalue weighted by molar-refractivity contribution is 0.646. The smallest absolute Gasteiger partial charge is 0.191 e. The van der Waals surface area contributed by atoms with E-state index in [2.05, 4.69) is 15.6 Å². The summed E-state index contributed by atoms with van der Waals surface area (Å²) in [5.74, 6) is 1.33. The third-order valence-corrected chi connectivity index (χ3v) is 5.94. The third-order valence-electron chi connectivity index (χ3n) is 3.42. The Morgan fingerprint density at radius 1 is 1.20 bits per heavy atom. The predicted octanol–water partition coefficient (Wildman–Crippen LogP) is 4.26. The monoisotopic (exact) mass is 519 g/mol. The number of nitrogens with zero attached hydrogens (tertiary/aromatic N) is 1. The van der Waals surface area contributed by atoms with Gasteiger partial charge in [-0.15, -0.1) is 24.0 Å². The molecule has 1 aromatic rings. The first-order chi connectivity index (χ1) is 11.2. The molecule has 0 spiro atoms. The molecule has 1 unspecified atom stereocenters. The van der Waals surface area contributed by atoms with Gasteiger partial charge in [-0.3, -0.25) is 9.20 Å². The molecule has 2 N–H and O–H groups in total. The maximum Gasteiger partial charge on any atom is 0.191 e. The zero-order valence-corrected chi connectivity index (χ0v) is 19.9. The summed E-state index contributed by atoms with van der Waals surface area (Å²) in [6, 6.07) is 5.58. The van der Waals surface area contributed by atoms with E-state index < -0.39 is 10.8 Å². The topological polar surface area (TPSA) is 53.5 Å². The number of guanidine groups is 1. The Labute approximate surface area is 181 Å². The van der Waals surface area contributed by atoms with Gasteiger partial charge >= 0.3 is 0 Å². The minimum atomic E-state index is -0.863. The number of halogens is 3. The van der Waals surface area contributed by atoms with Crippen LogP contribution in [-0.4, -0.2) is 40.8 Å². The van der Waals surface area contributed by atoms with E-state index in [0.29, 0.717) is 22.3 Å². The normalized spacial score (nSPS) is 13.1. The molecular weight excluding hydrogens is 492 g/mol. The van der Waals surface area contributed by atoms with Crippen molar-refractivity contribution in [2.24, 2.45) is 4.99 Å². The lowest BCUT2D eigenvalue weighted by Gasteiger charge is -2.18. The number of nitrogens with one attached hydrogen (secondary N) is 2. The second-order valence-electron chi connectivity index (χ2n) is 6.43. The number of aliphatic imine (C=N–C) groups is 1. The highest BCUT2D eigenvalue weighted by atomic mass is 127. The first kappa shape index (κ1) is 24.9. The fourth-order valence-corrected chi connectivity index (χ4v) is 3.40. The summed E-state index contributed by atoms with van der Waals surface area (Å²) in [4.78, 5) is 4.17. The summed E-state index contributed by atoms with van der Waals surface area (Å²) in [5, 5.41) is 7.80. The van der Waals surface area contributed by atoms with Crippen molar-refractivity contribution in [3.63, 3.8) is 0 Å². The summed E-state index contributed by atoms with van der Waals surface area (Å²) in [7, 11) is 0.865. The van der Waals surface area contributed by atoms with E-state index in [0.717, 1.165) is 30.9 Å². The van der Waals surface area contributed by atoms with Crippen LogP contribution in [0.15, 0.2) is 23.2 Å². The molecule has 1 rings (SSSR count). The third kappa shape index (κ3) is 10.0. The van der Waals surface area contributed by atoms with Crippen molar-refractivity contribution >= 4 is 63.9 Å². The Morgan fingerprint density at radius 2 is 1.84 bits per heavy atom. The zero-order chi connectivity index (χ0) is 18.2. The Bertz CT molecular complexity index is 592. The quantitative estimate of drug-likeness (QED) is 0.245. The average molecular weight is 520 g/mol. The van der Waals surface area contributed by atoms with Crippen molar-refractivity contribution in [3.8, 4) is 0 Å². The minimum absolute atomic E-state index is 0. The summed E-state index contributed by atoms with van der Waals surface area (Å²) in [6.45, 7) is 7.36. The molecule has 0 saturated heterocycles. The molecular formula is C17H28Cl2IN3OS. The van der Waals surface area contributed by atoms with E-state index in [1.807, 2.05) is 32.9 Å². The molecule has 0 aliphatic carbocycles. The van der Waals surface area contributed by atoms with Crippen LogP contribution in [-0.2, 0) is 17.2 Å². The molecule has 8 heteroatoms. The van der Waals surface area contributed by atoms with Crippen LogP contribution >= 0.6 is 47.2 Å². The van der Waals surface area contributed by atoms with Crippen LogP contribution in [0.1, 0.15) is 32.8 Å². The second-order valence-corrected chi connectivity index (χ2v) is 9.59. The molecule has 1 aromatic carbocycles. The Hall–Kier alpha value is -0.0500. The molecule has 0 aliphatic heterocycles. The lowest BCUT2D eigenvalue weighted by Crippen LogP contribution is -2.40. The van der Waals surface area contributed by atoms with Crippen molar-refractivity contribution in [2.45, 2.75) is 38.4 Å². The molecule has 0 aromatic heterocycles. The van der Waals surface area contributed by atoms with Gasteiger partial charge in [0.25, 0.3) is 0 Å². The van der Waals surface area contributed by atoms with Crippen molar-refractivity contribution in [1.82, 2.24) is 10.6 Å². The maximum absolute atomic E-state index is 12.0. The molecule has 25 heavy (non-hydrogen) atoms. The molecule has 0 amide bonds. The summed E-state index contributed by atoms with van der Waals surface area (Å²) in [5.41, 5.74) is 1.09. The molecule has 0 saturated carbocycles. The Balaban J connectivity index is 0.00000576. The first-order valence-electron chi connectivity index (χ1n) is 8.01. The molecule has 4 nitrogen and oxygen atoms in total. The molecule has 0 bridgehead atoms. The van der Waals surface area contributed by atoms with Crippen LogP contribution in [0.25, 0.3) is 0 Å². The fourth-order valence-electron chi connectivity index (χ4n) is 2.00. The van der Waals surface area contributed by atoms with Crippen molar-refractivity contribution in [1.29, 1.82) is 0 Å². The van der Waals surface area contributed by atoms with E-state index in [4.69, 9.17) is 23.2 Å². The van der Waals surface area contributed by atoms with Crippen LogP contribution in [0.2, 0.25) is 10.0 Å². The highest BCUT2D eigenvalue weighted by Crippen LogP contribution is 2.21. The van der Waals surface area contributed by atoms with Gasteiger partial charge in [0, 0.05) is 51.5 Å². The SMILES string of the molecule is CN=C(NCCCc1ccc(Cl)cc1Cl)NCCS(=O)C(C)(C)C.I. The van der Waals surface area contributed by atoms with Crippen molar-refractivity contribution in [3.05, 3.63) is 33.8 Å². The Morgan fingerprint density at radius 3 is 2.40 bits per heavy atom. The van der Waals surface area contributed by atoms with Gasteiger partial charge in [0.2, 0.25) is 0 Å². The van der Waals surface area contributed by atoms with Gasteiger partial charge in [0.1, 0.15) is 0 Å². The number of rotatable bonds is 7. The van der Waals surface area contributed by atoms with Crippen LogP contribution in [0, 0.1) is 0 Å².